The molecule has 13 aromatic rings. The third-order valence-corrected chi connectivity index (χ3v) is 16.0. The first-order chi connectivity index (χ1) is 36.7. The number of anilines is 3. The van der Waals surface area contributed by atoms with Crippen LogP contribution in [0.25, 0.3) is 99.1 Å². The van der Waals surface area contributed by atoms with E-state index in [-0.39, 0.29) is 0 Å². The zero-order valence-electron chi connectivity index (χ0n) is 40.6. The number of hydrogen-bond donors (Lipinski definition) is 0. The Hall–Kier alpha value is -9.56. The zero-order chi connectivity index (χ0) is 48.7. The van der Waals surface area contributed by atoms with Gasteiger partial charge in [0.1, 0.15) is 0 Å². The van der Waals surface area contributed by atoms with Crippen molar-refractivity contribution in [3.05, 3.63) is 307 Å². The maximum atomic E-state index is 2.58. The molecule has 13 aromatic carbocycles. The second-order valence-corrected chi connectivity index (χ2v) is 19.9. The van der Waals surface area contributed by atoms with Crippen LogP contribution in [0.4, 0.5) is 17.1 Å². The lowest BCUT2D eigenvalue weighted by Gasteiger charge is -2.34. The van der Waals surface area contributed by atoms with Crippen molar-refractivity contribution in [3.8, 4) is 66.8 Å². The van der Waals surface area contributed by atoms with Crippen LogP contribution in [0.2, 0.25) is 0 Å². The molecule has 0 radical (unpaired) electrons. The van der Waals surface area contributed by atoms with E-state index >= 15 is 0 Å². The van der Waals surface area contributed by atoms with E-state index in [4.69, 9.17) is 0 Å². The van der Waals surface area contributed by atoms with Crippen molar-refractivity contribution >= 4 is 49.4 Å². The molecule has 1 nitrogen and oxygen atoms in total. The fourth-order valence-electron chi connectivity index (χ4n) is 12.8. The number of fused-ring (bicyclic) bond motifs is 16. The summed E-state index contributed by atoms with van der Waals surface area (Å²) in [5.41, 5.74) is 22.5. The Morgan fingerprint density at radius 1 is 0.203 bits per heavy atom. The van der Waals surface area contributed by atoms with Gasteiger partial charge in [-0.2, -0.15) is 0 Å². The van der Waals surface area contributed by atoms with Crippen molar-refractivity contribution in [1.29, 1.82) is 0 Å². The van der Waals surface area contributed by atoms with Gasteiger partial charge in [-0.05, 0) is 158 Å². The van der Waals surface area contributed by atoms with Crippen molar-refractivity contribution in [2.24, 2.45) is 0 Å². The van der Waals surface area contributed by atoms with Crippen LogP contribution in [0.1, 0.15) is 22.3 Å². The molecule has 0 atom stereocenters. The van der Waals surface area contributed by atoms with Gasteiger partial charge in [0.15, 0.2) is 0 Å². The van der Waals surface area contributed by atoms with Crippen LogP contribution in [-0.2, 0) is 5.41 Å². The summed E-state index contributed by atoms with van der Waals surface area (Å²) < 4.78 is 0. The van der Waals surface area contributed by atoms with Crippen LogP contribution < -0.4 is 4.90 Å². The summed E-state index contributed by atoms with van der Waals surface area (Å²) in [6.45, 7) is 0. The van der Waals surface area contributed by atoms with Gasteiger partial charge < -0.3 is 4.90 Å². The van der Waals surface area contributed by atoms with E-state index in [9.17, 15) is 0 Å². The smallest absolute Gasteiger partial charge is 0.0726 e. The molecule has 0 saturated carbocycles. The quantitative estimate of drug-likeness (QED) is 0.144. The third kappa shape index (κ3) is 6.36. The molecule has 0 bridgehead atoms. The van der Waals surface area contributed by atoms with E-state index < -0.39 is 5.41 Å². The van der Waals surface area contributed by atoms with Crippen LogP contribution in [-0.4, -0.2) is 0 Å². The second kappa shape index (κ2) is 16.8. The normalized spacial score (nSPS) is 12.7. The van der Waals surface area contributed by atoms with E-state index in [2.05, 4.69) is 290 Å². The lowest BCUT2D eigenvalue weighted by atomic mass is 9.70. The average molecular weight is 938 g/mol. The Labute approximate surface area is 431 Å². The lowest BCUT2D eigenvalue weighted by Crippen LogP contribution is -2.26. The number of rotatable bonds is 7. The number of benzene rings is 13. The van der Waals surface area contributed by atoms with Crippen molar-refractivity contribution < 1.29 is 0 Å². The molecule has 0 fully saturated rings. The Kier molecular flexibility index (Phi) is 9.55. The van der Waals surface area contributed by atoms with Crippen molar-refractivity contribution in [1.82, 2.24) is 0 Å². The van der Waals surface area contributed by atoms with Crippen molar-refractivity contribution in [2.75, 3.05) is 4.90 Å². The molecule has 0 heterocycles. The fourth-order valence-corrected chi connectivity index (χ4v) is 12.8. The maximum absolute atomic E-state index is 2.58. The van der Waals surface area contributed by atoms with Gasteiger partial charge >= 0.3 is 0 Å². The van der Waals surface area contributed by atoms with Gasteiger partial charge in [0.05, 0.1) is 11.1 Å². The second-order valence-electron chi connectivity index (χ2n) is 19.9. The van der Waals surface area contributed by atoms with Crippen LogP contribution in [0, 0.1) is 0 Å². The highest BCUT2D eigenvalue weighted by atomic mass is 15.1. The molecule has 0 amide bonds. The molecule has 2 aliphatic rings. The monoisotopic (exact) mass is 937 g/mol. The van der Waals surface area contributed by atoms with E-state index in [1.54, 1.807) is 0 Å². The van der Waals surface area contributed by atoms with Gasteiger partial charge in [-0.3, -0.25) is 0 Å². The molecule has 0 unspecified atom stereocenters. The molecule has 0 aromatic heterocycles. The van der Waals surface area contributed by atoms with E-state index in [1.165, 1.54) is 99.1 Å². The molecule has 0 saturated heterocycles. The SMILES string of the molecule is c1ccc(-c2ccc(-c3cc4c(cc3N(c3cc(-c5ccccc5)cc(-c5ccccc5)c3)c3ccc5c6ccccc6c6ccccc6c5c3)C3(c5ccccc5-c5ccccc53)c3ccccc3-4)cc2)cc1. The van der Waals surface area contributed by atoms with Gasteiger partial charge in [0, 0.05) is 16.9 Å². The minimum atomic E-state index is -0.547. The Morgan fingerprint density at radius 2 is 0.595 bits per heavy atom. The molecule has 74 heavy (non-hydrogen) atoms. The molecule has 344 valence electrons. The van der Waals surface area contributed by atoms with E-state index in [1.807, 2.05) is 0 Å². The van der Waals surface area contributed by atoms with Crippen molar-refractivity contribution in [2.45, 2.75) is 5.41 Å². The number of nitrogens with zero attached hydrogens (tertiary/aromatic N) is 1. The minimum absolute atomic E-state index is 0.547. The summed E-state index contributed by atoms with van der Waals surface area (Å²) >= 11 is 0. The predicted molar refractivity (Wildman–Crippen MR) is 312 cm³/mol. The van der Waals surface area contributed by atoms with Crippen LogP contribution in [0.15, 0.2) is 285 Å². The molecular formula is C73H47N. The Morgan fingerprint density at radius 3 is 1.11 bits per heavy atom. The van der Waals surface area contributed by atoms with E-state index in [0.29, 0.717) is 0 Å². The first kappa shape index (κ1) is 42.2. The topological polar surface area (TPSA) is 3.24 Å². The van der Waals surface area contributed by atoms with Gasteiger partial charge in [-0.15, -0.1) is 0 Å². The zero-order valence-corrected chi connectivity index (χ0v) is 40.6. The molecule has 15 rings (SSSR count). The maximum Gasteiger partial charge on any atom is 0.0726 e. The molecule has 0 N–H and O–H groups in total. The van der Waals surface area contributed by atoms with Gasteiger partial charge in [0.2, 0.25) is 0 Å². The highest BCUT2D eigenvalue weighted by Crippen LogP contribution is 2.64. The summed E-state index contributed by atoms with van der Waals surface area (Å²) in [5.74, 6) is 0. The standard InChI is InChI=1S/C73H47N/c1-4-20-48(21-5-1)51-36-38-52(39-37-51)65-46-67-64-32-16-19-35-70(64)73(68-33-17-14-30-62(68)63-31-15-18-34-69(63)73)71(67)47-72(65)74(56-43-53(49-22-6-2-7-23-49)42-54(44-56)50-24-8-3-9-25-50)55-40-41-61-59-28-11-10-26-57(59)58-27-12-13-29-60(58)66(61)45-55/h1-47H. The van der Waals surface area contributed by atoms with Crippen LogP contribution >= 0.6 is 0 Å². The summed E-state index contributed by atoms with van der Waals surface area (Å²) in [4.78, 5) is 2.58. The molecule has 1 spiro atoms. The van der Waals surface area contributed by atoms with Crippen molar-refractivity contribution in [3.63, 3.8) is 0 Å². The summed E-state index contributed by atoms with van der Waals surface area (Å²) in [5, 5.41) is 7.49. The lowest BCUT2D eigenvalue weighted by molar-refractivity contribution is 0.794. The van der Waals surface area contributed by atoms with E-state index in [0.717, 1.165) is 39.3 Å². The Balaban J connectivity index is 1.09. The molecular weight excluding hydrogens is 891 g/mol. The molecule has 0 aliphatic heterocycles. The molecule has 2 aliphatic carbocycles. The largest absolute Gasteiger partial charge is 0.310 e. The Bertz CT molecular complexity index is 4200. The highest BCUT2D eigenvalue weighted by Gasteiger charge is 2.52. The first-order valence-electron chi connectivity index (χ1n) is 25.7. The first-order valence-corrected chi connectivity index (χ1v) is 25.7. The van der Waals surface area contributed by atoms with Gasteiger partial charge in [0.25, 0.3) is 0 Å². The van der Waals surface area contributed by atoms with Crippen LogP contribution in [0.5, 0.6) is 0 Å². The minimum Gasteiger partial charge on any atom is -0.310 e. The van der Waals surface area contributed by atoms with Crippen LogP contribution in [0.3, 0.4) is 0 Å². The van der Waals surface area contributed by atoms with Gasteiger partial charge in [-0.25, -0.2) is 0 Å². The average Bonchev–Trinajstić information content (AvgIpc) is 4.08. The summed E-state index contributed by atoms with van der Waals surface area (Å²) in [7, 11) is 0. The van der Waals surface area contributed by atoms with Gasteiger partial charge in [-0.1, -0.05) is 243 Å². The number of hydrogen-bond acceptors (Lipinski definition) is 1. The fraction of sp³-hybridized carbons (Fsp3) is 0.0137. The summed E-state index contributed by atoms with van der Waals surface area (Å²) in [6.07, 6.45) is 0. The predicted octanol–water partition coefficient (Wildman–Crippen LogP) is 19.6. The summed E-state index contributed by atoms with van der Waals surface area (Å²) in [6, 6.07) is 106. The molecule has 1 heteroatoms. The highest BCUT2D eigenvalue weighted by molar-refractivity contribution is 6.26. The third-order valence-electron chi connectivity index (χ3n) is 16.0.